The first-order valence-electron chi connectivity index (χ1n) is 9.06. The number of para-hydroxylation sites is 1. The second kappa shape index (κ2) is 7.56. The number of hydrogen-bond donors (Lipinski definition) is 2. The van der Waals surface area contributed by atoms with E-state index < -0.39 is 0 Å². The Labute approximate surface area is 163 Å². The van der Waals surface area contributed by atoms with Crippen molar-refractivity contribution in [3.05, 3.63) is 89.7 Å². The predicted molar refractivity (Wildman–Crippen MR) is 111 cm³/mol. The van der Waals surface area contributed by atoms with Crippen molar-refractivity contribution in [2.75, 3.05) is 12.4 Å². The van der Waals surface area contributed by atoms with E-state index in [2.05, 4.69) is 15.3 Å². The average Bonchev–Trinajstić information content (AvgIpc) is 2.73. The summed E-state index contributed by atoms with van der Waals surface area (Å²) in [5, 5.41) is 15.4. The number of pyridine rings is 2. The van der Waals surface area contributed by atoms with Crippen LogP contribution in [0.5, 0.6) is 11.5 Å². The van der Waals surface area contributed by atoms with E-state index >= 15 is 0 Å². The quantitative estimate of drug-likeness (QED) is 0.525. The van der Waals surface area contributed by atoms with Crippen LogP contribution in [0.1, 0.15) is 22.7 Å². The molecular formula is C23H21N3O2. The van der Waals surface area contributed by atoms with Gasteiger partial charge < -0.3 is 15.2 Å². The van der Waals surface area contributed by atoms with Gasteiger partial charge in [0.25, 0.3) is 0 Å². The van der Waals surface area contributed by atoms with Crippen LogP contribution in [0.15, 0.2) is 73.1 Å². The second-order valence-electron chi connectivity index (χ2n) is 6.62. The highest BCUT2D eigenvalue weighted by molar-refractivity contribution is 5.86. The van der Waals surface area contributed by atoms with E-state index in [4.69, 9.17) is 4.74 Å². The molecule has 2 aromatic carbocycles. The fourth-order valence-electron chi connectivity index (χ4n) is 3.37. The first-order chi connectivity index (χ1) is 13.7. The largest absolute Gasteiger partial charge is 0.505 e. The third-order valence-electron chi connectivity index (χ3n) is 4.75. The molecule has 5 nitrogen and oxygen atoms in total. The number of methoxy groups -OCH3 is 1. The molecule has 5 heteroatoms. The van der Waals surface area contributed by atoms with E-state index in [9.17, 15) is 5.11 Å². The number of phenols is 1. The molecule has 0 aliphatic carbocycles. The van der Waals surface area contributed by atoms with Gasteiger partial charge >= 0.3 is 0 Å². The van der Waals surface area contributed by atoms with Crippen LogP contribution in [0.25, 0.3) is 10.9 Å². The summed E-state index contributed by atoms with van der Waals surface area (Å²) in [6, 6.07) is 19.0. The van der Waals surface area contributed by atoms with Crippen molar-refractivity contribution in [3.8, 4) is 11.5 Å². The summed E-state index contributed by atoms with van der Waals surface area (Å²) < 4.78 is 5.58. The van der Waals surface area contributed by atoms with Gasteiger partial charge in [-0.3, -0.25) is 4.98 Å². The topological polar surface area (TPSA) is 67.3 Å². The van der Waals surface area contributed by atoms with Crippen molar-refractivity contribution in [1.82, 2.24) is 9.97 Å². The number of nitrogens with one attached hydrogen (secondary N) is 1. The van der Waals surface area contributed by atoms with E-state index in [0.717, 1.165) is 28.1 Å². The fraction of sp³-hybridized carbons (Fsp3) is 0.130. The summed E-state index contributed by atoms with van der Waals surface area (Å²) >= 11 is 0. The van der Waals surface area contributed by atoms with Crippen molar-refractivity contribution in [2.24, 2.45) is 0 Å². The summed E-state index contributed by atoms with van der Waals surface area (Å²) in [5.74, 6) is 1.60. The zero-order valence-electron chi connectivity index (χ0n) is 15.8. The van der Waals surface area contributed by atoms with Gasteiger partial charge in [-0.1, -0.05) is 36.4 Å². The molecule has 0 bridgehead atoms. The number of aromatic hydroxyl groups is 1. The Balaban J connectivity index is 1.89. The summed E-state index contributed by atoms with van der Waals surface area (Å²) in [5.41, 5.74) is 3.28. The van der Waals surface area contributed by atoms with E-state index in [1.165, 1.54) is 0 Å². The summed E-state index contributed by atoms with van der Waals surface area (Å²) in [7, 11) is 1.64. The minimum atomic E-state index is -0.364. The van der Waals surface area contributed by atoms with Crippen LogP contribution in [0.3, 0.4) is 0 Å². The van der Waals surface area contributed by atoms with Gasteiger partial charge in [-0.25, -0.2) is 4.98 Å². The molecule has 140 valence electrons. The number of phenolic OH excluding ortho intramolecular Hbond substituents is 1. The third-order valence-corrected chi connectivity index (χ3v) is 4.75. The van der Waals surface area contributed by atoms with Gasteiger partial charge in [0.15, 0.2) is 0 Å². The normalized spacial score (nSPS) is 11.9. The van der Waals surface area contributed by atoms with Crippen LogP contribution in [-0.4, -0.2) is 22.2 Å². The number of nitrogens with zero attached hydrogens (tertiary/aromatic N) is 2. The maximum Gasteiger partial charge on any atom is 0.147 e. The molecular weight excluding hydrogens is 350 g/mol. The number of aromatic nitrogens is 2. The minimum Gasteiger partial charge on any atom is -0.505 e. The van der Waals surface area contributed by atoms with Crippen LogP contribution >= 0.6 is 0 Å². The van der Waals surface area contributed by atoms with Gasteiger partial charge in [-0.2, -0.15) is 0 Å². The van der Waals surface area contributed by atoms with Crippen molar-refractivity contribution in [1.29, 1.82) is 0 Å². The molecule has 0 saturated carbocycles. The molecule has 0 saturated heterocycles. The average molecular weight is 371 g/mol. The highest BCUT2D eigenvalue weighted by Gasteiger charge is 2.23. The van der Waals surface area contributed by atoms with E-state index in [0.29, 0.717) is 11.1 Å². The van der Waals surface area contributed by atoms with Gasteiger partial charge in [0.1, 0.15) is 22.8 Å². The zero-order chi connectivity index (χ0) is 19.5. The van der Waals surface area contributed by atoms with Crippen molar-refractivity contribution in [3.63, 3.8) is 0 Å². The molecule has 2 N–H and O–H groups in total. The Morgan fingerprint density at radius 3 is 2.61 bits per heavy atom. The van der Waals surface area contributed by atoms with E-state index in [-0.39, 0.29) is 11.8 Å². The Bertz CT molecular complexity index is 1130. The molecule has 0 fully saturated rings. The molecule has 2 aromatic heterocycles. The number of ether oxygens (including phenoxy) is 1. The van der Waals surface area contributed by atoms with E-state index in [1.807, 2.05) is 67.6 Å². The molecule has 0 radical (unpaired) electrons. The smallest absolute Gasteiger partial charge is 0.147 e. The molecule has 1 atom stereocenters. The number of benzene rings is 2. The molecule has 0 aliphatic rings. The zero-order valence-corrected chi connectivity index (χ0v) is 15.8. The highest BCUT2D eigenvalue weighted by atomic mass is 16.5. The summed E-state index contributed by atoms with van der Waals surface area (Å²) in [6.45, 7) is 2.02. The molecule has 4 aromatic rings. The number of fused-ring (bicyclic) bond motifs is 1. The van der Waals surface area contributed by atoms with Gasteiger partial charge in [-0.15, -0.1) is 0 Å². The molecule has 28 heavy (non-hydrogen) atoms. The van der Waals surface area contributed by atoms with Crippen molar-refractivity contribution < 1.29 is 9.84 Å². The summed E-state index contributed by atoms with van der Waals surface area (Å²) in [4.78, 5) is 8.79. The molecule has 0 spiro atoms. The van der Waals surface area contributed by atoms with Crippen LogP contribution in [-0.2, 0) is 0 Å². The van der Waals surface area contributed by atoms with Crippen LogP contribution in [0.4, 0.5) is 5.82 Å². The van der Waals surface area contributed by atoms with Gasteiger partial charge in [0.2, 0.25) is 0 Å². The summed E-state index contributed by atoms with van der Waals surface area (Å²) in [6.07, 6.45) is 3.44. The van der Waals surface area contributed by atoms with Gasteiger partial charge in [0, 0.05) is 28.9 Å². The molecule has 2 heterocycles. The standard InChI is InChI=1S/C23H21N3O2/c1-15-11-13-24-20(14-15)26-22(17-7-3-4-8-19(17)28-2)18-10-9-16-6-5-12-25-21(16)23(18)27/h3-14,22,27H,1-2H3,(H,24,26)/t22-/m0/s1. The lowest BCUT2D eigenvalue weighted by molar-refractivity contribution is 0.408. The first-order valence-corrected chi connectivity index (χ1v) is 9.06. The lowest BCUT2D eigenvalue weighted by Gasteiger charge is -2.23. The predicted octanol–water partition coefficient (Wildman–Crippen LogP) is 4.85. The number of hydrogen-bond acceptors (Lipinski definition) is 5. The lowest BCUT2D eigenvalue weighted by atomic mass is 9.95. The fourth-order valence-corrected chi connectivity index (χ4v) is 3.37. The third kappa shape index (κ3) is 3.34. The lowest BCUT2D eigenvalue weighted by Crippen LogP contribution is -2.15. The maximum atomic E-state index is 11.0. The molecule has 0 amide bonds. The SMILES string of the molecule is COc1ccccc1[C@H](Nc1cc(C)ccn1)c1ccc2cccnc2c1O. The second-order valence-corrected chi connectivity index (χ2v) is 6.62. The van der Waals surface area contributed by atoms with Gasteiger partial charge in [-0.05, 0) is 36.8 Å². The van der Waals surface area contributed by atoms with Crippen LogP contribution in [0.2, 0.25) is 0 Å². The minimum absolute atomic E-state index is 0.147. The first kappa shape index (κ1) is 17.8. The van der Waals surface area contributed by atoms with Gasteiger partial charge in [0.05, 0.1) is 13.2 Å². The van der Waals surface area contributed by atoms with Crippen LogP contribution < -0.4 is 10.1 Å². The Kier molecular flexibility index (Phi) is 4.81. The molecule has 4 rings (SSSR count). The maximum absolute atomic E-state index is 11.0. The highest BCUT2D eigenvalue weighted by Crippen LogP contribution is 2.39. The van der Waals surface area contributed by atoms with Crippen molar-refractivity contribution in [2.45, 2.75) is 13.0 Å². The number of aryl methyl sites for hydroxylation is 1. The molecule has 0 unspecified atom stereocenters. The Morgan fingerprint density at radius 1 is 0.929 bits per heavy atom. The Hall–Kier alpha value is -3.60. The van der Waals surface area contributed by atoms with Crippen molar-refractivity contribution >= 4 is 16.7 Å². The van der Waals surface area contributed by atoms with Crippen LogP contribution in [0, 0.1) is 6.92 Å². The van der Waals surface area contributed by atoms with E-state index in [1.54, 1.807) is 19.5 Å². The number of anilines is 1. The molecule has 0 aliphatic heterocycles. The monoisotopic (exact) mass is 371 g/mol. The number of rotatable bonds is 5. The Morgan fingerprint density at radius 2 is 1.79 bits per heavy atom.